The van der Waals surface area contributed by atoms with Crippen LogP contribution < -0.4 is 21.3 Å². The molecule has 0 unspecified atom stereocenters. The molecule has 1 aromatic carbocycles. The number of nitrogens with one attached hydrogen (secondary N) is 4. The molecule has 37 heavy (non-hydrogen) atoms. The molecule has 1 aliphatic rings. The van der Waals surface area contributed by atoms with E-state index < -0.39 is 0 Å². The van der Waals surface area contributed by atoms with Gasteiger partial charge in [0.15, 0.2) is 0 Å². The molecule has 0 bridgehead atoms. The molecule has 1 aliphatic heterocycles. The molecule has 11 nitrogen and oxygen atoms in total. The third kappa shape index (κ3) is 7.96. The second-order valence-electron chi connectivity index (χ2n) is 8.72. The largest absolute Gasteiger partial charge is 0.507 e. The molecule has 194 valence electrons. The fourth-order valence-electron chi connectivity index (χ4n) is 3.79. The first kappa shape index (κ1) is 27.0. The zero-order valence-electron chi connectivity index (χ0n) is 21.1. The maximum Gasteiger partial charge on any atom is 0.315 e. The molecular weight excluding hydrogens is 470 g/mol. The van der Waals surface area contributed by atoms with Crippen LogP contribution in [0.2, 0.25) is 0 Å². The van der Waals surface area contributed by atoms with E-state index in [0.717, 1.165) is 18.8 Å². The fourth-order valence-corrected chi connectivity index (χ4v) is 3.79. The van der Waals surface area contributed by atoms with Gasteiger partial charge in [-0.25, -0.2) is 14.8 Å². The number of phenols is 1. The maximum atomic E-state index is 11.6. The lowest BCUT2D eigenvalue weighted by atomic mass is 10.1. The van der Waals surface area contributed by atoms with Crippen molar-refractivity contribution in [2.45, 2.75) is 26.3 Å². The van der Waals surface area contributed by atoms with Gasteiger partial charge >= 0.3 is 6.03 Å². The molecule has 0 saturated carbocycles. The van der Waals surface area contributed by atoms with Crippen molar-refractivity contribution >= 4 is 23.4 Å². The van der Waals surface area contributed by atoms with E-state index in [0.29, 0.717) is 36.7 Å². The summed E-state index contributed by atoms with van der Waals surface area (Å²) in [5.74, 6) is 6.72. The summed E-state index contributed by atoms with van der Waals surface area (Å²) in [5.41, 5.74) is 6.79. The molecule has 0 atom stereocenters. The number of anilines is 1. The lowest BCUT2D eigenvalue weighted by Crippen LogP contribution is -2.39. The number of amides is 2. The minimum absolute atomic E-state index is 0.00552. The lowest BCUT2D eigenvalue weighted by molar-refractivity contribution is 0.239. The molecule has 2 aromatic rings. The van der Waals surface area contributed by atoms with Gasteiger partial charge in [0.1, 0.15) is 17.4 Å². The SMILES string of the molecule is CC(C)NC(=O)NCC#Cc1nccc(N2CCCN(/C(=C/C(=N)c3ccccc3O)C(=N)N)CC2)n1. The lowest BCUT2D eigenvalue weighted by Gasteiger charge is -2.26. The summed E-state index contributed by atoms with van der Waals surface area (Å²) in [6.07, 6.45) is 3.97. The fraction of sp³-hybridized carbons (Fsp3) is 0.346. The number of benzene rings is 1. The first-order valence-corrected chi connectivity index (χ1v) is 12.0. The van der Waals surface area contributed by atoms with Crippen molar-refractivity contribution < 1.29 is 9.90 Å². The van der Waals surface area contributed by atoms with Crippen LogP contribution in [0.25, 0.3) is 0 Å². The number of amidine groups is 1. The summed E-state index contributed by atoms with van der Waals surface area (Å²) >= 11 is 0. The van der Waals surface area contributed by atoms with Crippen molar-refractivity contribution in [2.75, 3.05) is 37.6 Å². The van der Waals surface area contributed by atoms with Crippen molar-refractivity contribution in [1.82, 2.24) is 25.5 Å². The van der Waals surface area contributed by atoms with Crippen LogP contribution in [-0.2, 0) is 0 Å². The molecule has 3 rings (SSSR count). The summed E-state index contributed by atoms with van der Waals surface area (Å²) in [7, 11) is 0. The van der Waals surface area contributed by atoms with Gasteiger partial charge in [-0.15, -0.1) is 0 Å². The van der Waals surface area contributed by atoms with Crippen LogP contribution >= 0.6 is 0 Å². The summed E-state index contributed by atoms with van der Waals surface area (Å²) in [6.45, 7) is 6.52. The molecule has 0 spiro atoms. The van der Waals surface area contributed by atoms with Crippen molar-refractivity contribution in [3.05, 3.63) is 59.7 Å². The van der Waals surface area contributed by atoms with Crippen LogP contribution in [-0.4, -0.2) is 76.3 Å². The van der Waals surface area contributed by atoms with Crippen molar-refractivity contribution in [1.29, 1.82) is 10.8 Å². The van der Waals surface area contributed by atoms with Crippen LogP contribution in [0.3, 0.4) is 0 Å². The highest BCUT2D eigenvalue weighted by atomic mass is 16.3. The summed E-state index contributed by atoms with van der Waals surface area (Å²) in [5, 5.41) is 32.0. The Hall–Kier alpha value is -4.59. The smallest absolute Gasteiger partial charge is 0.315 e. The van der Waals surface area contributed by atoms with Gasteiger partial charge in [0.2, 0.25) is 5.82 Å². The molecular formula is C26H33N9O2. The monoisotopic (exact) mass is 503 g/mol. The summed E-state index contributed by atoms with van der Waals surface area (Å²) in [6, 6.07) is 8.21. The average Bonchev–Trinajstić information content (AvgIpc) is 3.11. The molecule has 11 heteroatoms. The Labute approximate surface area is 216 Å². The molecule has 1 saturated heterocycles. The number of allylic oxidation sites excluding steroid dienone is 1. The van der Waals surface area contributed by atoms with Gasteiger partial charge < -0.3 is 36.7 Å². The topological polar surface area (TPSA) is 167 Å². The zero-order chi connectivity index (χ0) is 26.8. The Morgan fingerprint density at radius 2 is 2.00 bits per heavy atom. The number of carbonyl (C=O) groups is 1. The van der Waals surface area contributed by atoms with Gasteiger partial charge in [-0.3, -0.25) is 5.41 Å². The van der Waals surface area contributed by atoms with E-state index in [9.17, 15) is 9.90 Å². The molecule has 0 aliphatic carbocycles. The van der Waals surface area contributed by atoms with Gasteiger partial charge in [0, 0.05) is 44.0 Å². The Kier molecular flexibility index (Phi) is 9.43. The number of rotatable bonds is 7. The number of hydrogen-bond donors (Lipinski definition) is 6. The van der Waals surface area contributed by atoms with Crippen LogP contribution in [0.5, 0.6) is 5.75 Å². The number of para-hydroxylation sites is 1. The van der Waals surface area contributed by atoms with Crippen molar-refractivity contribution in [3.8, 4) is 17.6 Å². The normalized spacial score (nSPS) is 13.9. The minimum atomic E-state index is -0.275. The van der Waals surface area contributed by atoms with Gasteiger partial charge in [-0.1, -0.05) is 18.1 Å². The Balaban J connectivity index is 1.66. The Bertz CT molecular complexity index is 1230. The predicted molar refractivity (Wildman–Crippen MR) is 144 cm³/mol. The molecule has 7 N–H and O–H groups in total. The molecule has 2 amide bonds. The second kappa shape index (κ2) is 12.9. The van der Waals surface area contributed by atoms with E-state index in [1.807, 2.05) is 24.8 Å². The number of nitrogens with zero attached hydrogens (tertiary/aromatic N) is 4. The van der Waals surface area contributed by atoms with E-state index in [1.165, 1.54) is 12.1 Å². The van der Waals surface area contributed by atoms with Crippen molar-refractivity contribution in [2.24, 2.45) is 5.73 Å². The Morgan fingerprint density at radius 1 is 1.22 bits per heavy atom. The highest BCUT2D eigenvalue weighted by Gasteiger charge is 2.20. The third-order valence-corrected chi connectivity index (χ3v) is 5.51. The highest BCUT2D eigenvalue weighted by molar-refractivity contribution is 6.12. The second-order valence-corrected chi connectivity index (χ2v) is 8.72. The number of phenolic OH excluding ortho intramolecular Hbond substituents is 1. The van der Waals surface area contributed by atoms with E-state index in [1.54, 1.807) is 24.4 Å². The van der Waals surface area contributed by atoms with Crippen LogP contribution in [0, 0.1) is 22.7 Å². The molecule has 1 aromatic heterocycles. The first-order chi connectivity index (χ1) is 17.7. The van der Waals surface area contributed by atoms with Gasteiger partial charge in [0.25, 0.3) is 0 Å². The highest BCUT2D eigenvalue weighted by Crippen LogP contribution is 2.20. The summed E-state index contributed by atoms with van der Waals surface area (Å²) in [4.78, 5) is 24.5. The standard InChI is InChI=1S/C26H33N9O2/c1-18(2)32-26(37)31-11-5-9-23-30-12-10-24(33-23)35-14-6-13-34(15-16-35)21(25(28)29)17-20(27)19-7-3-4-8-22(19)36/h3-4,7-8,10,12,17-18,27,36H,6,11,13-16H2,1-2H3,(H3,28,29)(H2,31,32,37)/b21-17+,27-20?. The number of hydrogen-bond acceptors (Lipinski definition) is 8. The van der Waals surface area contributed by atoms with Gasteiger partial charge in [0.05, 0.1) is 18.0 Å². The van der Waals surface area contributed by atoms with E-state index in [2.05, 4.69) is 37.3 Å². The van der Waals surface area contributed by atoms with Crippen LogP contribution in [0.15, 0.2) is 48.3 Å². The maximum absolute atomic E-state index is 11.6. The molecule has 2 heterocycles. The van der Waals surface area contributed by atoms with Gasteiger partial charge in [-0.05, 0) is 50.5 Å². The third-order valence-electron chi connectivity index (χ3n) is 5.51. The predicted octanol–water partition coefficient (Wildman–Crippen LogP) is 1.64. The molecule has 1 fully saturated rings. The minimum Gasteiger partial charge on any atom is -0.507 e. The summed E-state index contributed by atoms with van der Waals surface area (Å²) < 4.78 is 0. The van der Waals surface area contributed by atoms with Crippen LogP contribution in [0.1, 0.15) is 31.7 Å². The molecule has 0 radical (unpaired) electrons. The zero-order valence-corrected chi connectivity index (χ0v) is 21.1. The Morgan fingerprint density at radius 3 is 2.73 bits per heavy atom. The number of nitrogens with two attached hydrogens (primary N) is 1. The number of carbonyl (C=O) groups excluding carboxylic acids is 1. The van der Waals surface area contributed by atoms with E-state index in [4.69, 9.17) is 16.6 Å². The van der Waals surface area contributed by atoms with Crippen LogP contribution in [0.4, 0.5) is 10.6 Å². The average molecular weight is 504 g/mol. The van der Waals surface area contributed by atoms with E-state index in [-0.39, 0.29) is 35.9 Å². The van der Waals surface area contributed by atoms with Gasteiger partial charge in [-0.2, -0.15) is 0 Å². The first-order valence-electron chi connectivity index (χ1n) is 12.0. The van der Waals surface area contributed by atoms with Crippen molar-refractivity contribution in [3.63, 3.8) is 0 Å². The van der Waals surface area contributed by atoms with E-state index >= 15 is 0 Å². The quantitative estimate of drug-likeness (QED) is 0.190. The number of urea groups is 1. The number of aromatic hydroxyl groups is 1. The number of aromatic nitrogens is 2.